The van der Waals surface area contributed by atoms with Gasteiger partial charge in [-0.05, 0) is 51.3 Å². The third-order valence-electron chi connectivity index (χ3n) is 4.30. The normalized spacial score (nSPS) is 22.5. The van der Waals surface area contributed by atoms with Gasteiger partial charge in [-0.2, -0.15) is 0 Å². The minimum atomic E-state index is -0.611. The molecule has 1 aliphatic heterocycles. The van der Waals surface area contributed by atoms with Crippen LogP contribution in [-0.2, 0) is 20.8 Å². The lowest BCUT2D eigenvalue weighted by atomic mass is 9.91. The number of rotatable bonds is 4. The van der Waals surface area contributed by atoms with E-state index in [0.717, 1.165) is 12.0 Å². The third-order valence-corrected chi connectivity index (χ3v) is 4.30. The minimum Gasteiger partial charge on any atom is -0.367 e. The number of Topliss-reactive ketones (excluding diaryl/α,β-unsaturated/α-hetero) is 1. The molecular formula is C19H26FNO3. The topological polar surface area (TPSA) is 46.6 Å². The summed E-state index contributed by atoms with van der Waals surface area (Å²) in [5.74, 6) is -0.419. The van der Waals surface area contributed by atoms with Crippen molar-refractivity contribution in [3.8, 4) is 0 Å². The molecule has 0 amide bonds. The first-order valence-electron chi connectivity index (χ1n) is 8.47. The Morgan fingerprint density at radius 2 is 1.79 bits per heavy atom. The first-order valence-corrected chi connectivity index (χ1v) is 8.47. The summed E-state index contributed by atoms with van der Waals surface area (Å²) >= 11 is 0. The molecule has 2 rings (SSSR count). The van der Waals surface area contributed by atoms with Crippen molar-refractivity contribution in [3.63, 3.8) is 0 Å². The maximum atomic E-state index is 13.1. The van der Waals surface area contributed by atoms with Crippen LogP contribution >= 0.6 is 0 Å². The lowest BCUT2D eigenvalue weighted by molar-refractivity contribution is -0.231. The summed E-state index contributed by atoms with van der Waals surface area (Å²) in [6.45, 7) is 7.40. The van der Waals surface area contributed by atoms with E-state index < -0.39 is 5.41 Å². The van der Waals surface area contributed by atoms with Crippen LogP contribution in [0.15, 0.2) is 24.3 Å². The van der Waals surface area contributed by atoms with Crippen LogP contribution in [0.4, 0.5) is 4.39 Å². The molecule has 0 N–H and O–H groups in total. The highest BCUT2D eigenvalue weighted by atomic mass is 19.1. The van der Waals surface area contributed by atoms with Crippen molar-refractivity contribution < 1.29 is 18.8 Å². The maximum Gasteiger partial charge on any atom is 0.330 e. The Morgan fingerprint density at radius 1 is 1.21 bits per heavy atom. The fraction of sp³-hybridized carbons (Fsp3) is 0.579. The van der Waals surface area contributed by atoms with E-state index in [4.69, 9.17) is 4.84 Å². The lowest BCUT2D eigenvalue weighted by Gasteiger charge is -2.40. The van der Waals surface area contributed by atoms with Gasteiger partial charge in [0.05, 0.1) is 17.5 Å². The molecule has 5 heteroatoms. The number of nitrogens with zero attached hydrogens (tertiary/aromatic N) is 1. The molecule has 0 aliphatic carbocycles. The number of carbonyl (C=O) groups is 2. The molecule has 1 aromatic carbocycles. The lowest BCUT2D eigenvalue weighted by Crippen LogP contribution is -2.52. The molecule has 1 heterocycles. The van der Waals surface area contributed by atoms with Gasteiger partial charge in [-0.25, -0.2) is 9.18 Å². The van der Waals surface area contributed by atoms with E-state index >= 15 is 0 Å². The van der Waals surface area contributed by atoms with E-state index in [1.807, 2.05) is 6.92 Å². The molecule has 1 saturated heterocycles. The second-order valence-electron chi connectivity index (χ2n) is 7.48. The van der Waals surface area contributed by atoms with Crippen molar-refractivity contribution in [2.45, 2.75) is 65.5 Å². The maximum absolute atomic E-state index is 13.1. The van der Waals surface area contributed by atoms with Crippen molar-refractivity contribution in [1.82, 2.24) is 5.06 Å². The molecule has 24 heavy (non-hydrogen) atoms. The van der Waals surface area contributed by atoms with Gasteiger partial charge in [0.2, 0.25) is 0 Å². The van der Waals surface area contributed by atoms with Crippen LogP contribution in [0.3, 0.4) is 0 Å². The monoisotopic (exact) mass is 335 g/mol. The second-order valence-corrected chi connectivity index (χ2v) is 7.48. The summed E-state index contributed by atoms with van der Waals surface area (Å²) < 4.78 is 13.1. The molecule has 1 aliphatic rings. The van der Waals surface area contributed by atoms with E-state index in [9.17, 15) is 14.0 Å². The van der Waals surface area contributed by atoms with Gasteiger partial charge >= 0.3 is 5.97 Å². The highest BCUT2D eigenvalue weighted by Gasteiger charge is 2.38. The highest BCUT2D eigenvalue weighted by Crippen LogP contribution is 2.28. The summed E-state index contributed by atoms with van der Waals surface area (Å²) in [6, 6.07) is 5.90. The van der Waals surface area contributed by atoms with E-state index in [2.05, 4.69) is 0 Å². The van der Waals surface area contributed by atoms with Gasteiger partial charge in [0.15, 0.2) is 0 Å². The van der Waals surface area contributed by atoms with Crippen LogP contribution in [0, 0.1) is 11.2 Å². The Hall–Kier alpha value is -1.75. The second kappa shape index (κ2) is 7.43. The zero-order valence-corrected chi connectivity index (χ0v) is 14.8. The van der Waals surface area contributed by atoms with Gasteiger partial charge in [0.1, 0.15) is 11.6 Å². The van der Waals surface area contributed by atoms with Gasteiger partial charge in [0, 0.05) is 12.8 Å². The van der Waals surface area contributed by atoms with Crippen molar-refractivity contribution in [2.24, 2.45) is 5.41 Å². The predicted molar refractivity (Wildman–Crippen MR) is 89.6 cm³/mol. The standard InChI is InChI=1S/C19H26FNO3/c1-5-15-11-17(22)12-16(10-13-6-8-14(20)9-7-13)21(15)24-18(23)19(2,3)4/h6-9,15-16H,5,10-12H2,1-4H3. The van der Waals surface area contributed by atoms with Gasteiger partial charge < -0.3 is 4.84 Å². The SMILES string of the molecule is CCC1CC(=O)CC(Cc2ccc(F)cc2)N1OC(=O)C(C)(C)C. The largest absolute Gasteiger partial charge is 0.367 e. The number of hydrogen-bond donors (Lipinski definition) is 0. The van der Waals surface area contributed by atoms with E-state index in [0.29, 0.717) is 19.3 Å². The van der Waals surface area contributed by atoms with Gasteiger partial charge in [-0.1, -0.05) is 19.1 Å². The van der Waals surface area contributed by atoms with Crippen LogP contribution in [0.25, 0.3) is 0 Å². The molecule has 0 saturated carbocycles. The Kier molecular flexibility index (Phi) is 5.75. The van der Waals surface area contributed by atoms with Crippen LogP contribution < -0.4 is 0 Å². The first kappa shape index (κ1) is 18.6. The average Bonchev–Trinajstić information content (AvgIpc) is 2.50. The van der Waals surface area contributed by atoms with Crippen LogP contribution in [0.2, 0.25) is 0 Å². The van der Waals surface area contributed by atoms with Crippen molar-refractivity contribution in [2.75, 3.05) is 0 Å². The fourth-order valence-corrected chi connectivity index (χ4v) is 2.85. The zero-order chi connectivity index (χ0) is 17.9. The van der Waals surface area contributed by atoms with Crippen LogP contribution in [-0.4, -0.2) is 28.9 Å². The molecule has 0 spiro atoms. The number of halogens is 1. The number of hydroxylamine groups is 2. The Labute approximate surface area is 142 Å². The molecule has 0 aromatic heterocycles. The number of carbonyl (C=O) groups excluding carboxylic acids is 2. The van der Waals surface area contributed by atoms with Crippen molar-refractivity contribution in [1.29, 1.82) is 0 Å². The van der Waals surface area contributed by atoms with Gasteiger partial charge in [0.25, 0.3) is 0 Å². The number of benzene rings is 1. The minimum absolute atomic E-state index is 0.108. The quantitative estimate of drug-likeness (QED) is 0.842. The molecular weight excluding hydrogens is 309 g/mol. The number of hydrogen-bond acceptors (Lipinski definition) is 4. The molecule has 2 atom stereocenters. The summed E-state index contributed by atoms with van der Waals surface area (Å²) in [4.78, 5) is 30.1. The van der Waals surface area contributed by atoms with Crippen LogP contribution in [0.5, 0.6) is 0 Å². The average molecular weight is 335 g/mol. The molecule has 0 radical (unpaired) electrons. The molecule has 1 fully saturated rings. The fourth-order valence-electron chi connectivity index (χ4n) is 2.85. The van der Waals surface area contributed by atoms with Gasteiger partial charge in [-0.15, -0.1) is 5.06 Å². The first-order chi connectivity index (χ1) is 11.2. The van der Waals surface area contributed by atoms with Crippen molar-refractivity contribution in [3.05, 3.63) is 35.6 Å². The van der Waals surface area contributed by atoms with Gasteiger partial charge in [-0.3, -0.25) is 4.79 Å². The number of piperidine rings is 1. The molecule has 0 bridgehead atoms. The van der Waals surface area contributed by atoms with E-state index in [1.54, 1.807) is 38.0 Å². The molecule has 4 nitrogen and oxygen atoms in total. The predicted octanol–water partition coefficient (Wildman–Crippen LogP) is 3.68. The smallest absolute Gasteiger partial charge is 0.330 e. The zero-order valence-electron chi connectivity index (χ0n) is 14.8. The summed E-state index contributed by atoms with van der Waals surface area (Å²) in [5, 5.41) is 1.71. The third kappa shape index (κ3) is 4.63. The summed E-state index contributed by atoms with van der Waals surface area (Å²) in [5.41, 5.74) is 0.308. The molecule has 1 aromatic rings. The number of ketones is 1. The Balaban J connectivity index is 2.20. The molecule has 2 unspecified atom stereocenters. The summed E-state index contributed by atoms with van der Waals surface area (Å²) in [6.07, 6.45) is 2.00. The summed E-state index contributed by atoms with van der Waals surface area (Å²) in [7, 11) is 0. The van der Waals surface area contributed by atoms with E-state index in [-0.39, 0.29) is 29.7 Å². The van der Waals surface area contributed by atoms with E-state index in [1.165, 1.54) is 12.1 Å². The van der Waals surface area contributed by atoms with Crippen molar-refractivity contribution >= 4 is 11.8 Å². The van der Waals surface area contributed by atoms with Crippen LogP contribution in [0.1, 0.15) is 52.5 Å². The highest BCUT2D eigenvalue weighted by molar-refractivity contribution is 5.81. The Morgan fingerprint density at radius 3 is 2.33 bits per heavy atom. The molecule has 132 valence electrons. The Bertz CT molecular complexity index is 592.